The lowest BCUT2D eigenvalue weighted by Crippen LogP contribution is -2.18. The molecule has 190 valence electrons. The van der Waals surface area contributed by atoms with Crippen LogP contribution < -0.4 is 26.2 Å². The van der Waals surface area contributed by atoms with Gasteiger partial charge in [-0.2, -0.15) is 0 Å². The Morgan fingerprint density at radius 3 is 2.65 bits per heavy atom. The van der Waals surface area contributed by atoms with Gasteiger partial charge in [0.2, 0.25) is 0 Å². The van der Waals surface area contributed by atoms with Crippen molar-refractivity contribution in [2.24, 2.45) is 5.73 Å². The van der Waals surface area contributed by atoms with Gasteiger partial charge in [0.1, 0.15) is 23.4 Å². The molecule has 0 radical (unpaired) electrons. The molecule has 1 atom stereocenters. The fourth-order valence-electron chi connectivity index (χ4n) is 3.47. The minimum absolute atomic E-state index is 0.0191. The number of amidine groups is 1. The van der Waals surface area contributed by atoms with E-state index in [4.69, 9.17) is 20.6 Å². The van der Waals surface area contributed by atoms with Crippen molar-refractivity contribution < 1.29 is 23.8 Å². The van der Waals surface area contributed by atoms with E-state index in [-0.39, 0.29) is 45.9 Å². The first-order chi connectivity index (χ1) is 17.7. The fraction of sp³-hybridized carbons (Fsp3) is 0.130. The third-order valence-corrected chi connectivity index (χ3v) is 5.09. The summed E-state index contributed by atoms with van der Waals surface area (Å²) in [6, 6.07) is 7.08. The van der Waals surface area contributed by atoms with Crippen LogP contribution in [0.2, 0.25) is 0 Å². The number of hydrogen-bond donors (Lipinski definition) is 5. The highest BCUT2D eigenvalue weighted by atomic mass is 19.1. The van der Waals surface area contributed by atoms with Crippen LogP contribution >= 0.6 is 0 Å². The van der Waals surface area contributed by atoms with Gasteiger partial charge in [0.25, 0.3) is 5.95 Å². The number of methoxy groups -OCH3 is 1. The molecule has 0 bridgehead atoms. The molecule has 6 N–H and O–H groups in total. The van der Waals surface area contributed by atoms with Crippen molar-refractivity contribution >= 4 is 17.5 Å². The van der Waals surface area contributed by atoms with Crippen molar-refractivity contribution in [1.82, 2.24) is 24.7 Å². The molecule has 0 unspecified atom stereocenters. The first kappa shape index (κ1) is 24.8. The number of anilines is 1. The summed E-state index contributed by atoms with van der Waals surface area (Å²) in [6.07, 6.45) is 2.84. The number of nitrogens with one attached hydrogen (secondary N) is 3. The van der Waals surface area contributed by atoms with E-state index in [2.05, 4.69) is 25.4 Å². The second-order valence-electron chi connectivity index (χ2n) is 7.62. The lowest BCUT2D eigenvalue weighted by molar-refractivity contribution is -0.131. The zero-order chi connectivity index (χ0) is 26.7. The van der Waals surface area contributed by atoms with Gasteiger partial charge in [-0.1, -0.05) is 0 Å². The number of nitrogens with zero attached hydrogens (tertiary/aromatic N) is 4. The van der Waals surface area contributed by atoms with Crippen LogP contribution in [0.5, 0.6) is 17.2 Å². The highest BCUT2D eigenvalue weighted by Gasteiger charge is 2.27. The van der Waals surface area contributed by atoms with Crippen molar-refractivity contribution in [2.75, 3.05) is 12.4 Å². The largest absolute Gasteiger partial charge is 0.505 e. The number of nitrogen functional groups attached to an aromatic ring is 1. The first-order valence-electron chi connectivity index (χ1n) is 10.6. The smallest absolute Gasteiger partial charge is 0.350 e. The van der Waals surface area contributed by atoms with E-state index in [1.807, 2.05) is 0 Å². The summed E-state index contributed by atoms with van der Waals surface area (Å²) in [6.45, 7) is 1.18. The number of benzene rings is 2. The molecule has 37 heavy (non-hydrogen) atoms. The van der Waals surface area contributed by atoms with Crippen LogP contribution in [-0.4, -0.2) is 48.8 Å². The Morgan fingerprint density at radius 1 is 1.27 bits per heavy atom. The van der Waals surface area contributed by atoms with Crippen molar-refractivity contribution in [1.29, 1.82) is 5.41 Å². The van der Waals surface area contributed by atoms with Crippen LogP contribution in [0.25, 0.3) is 5.95 Å². The lowest BCUT2D eigenvalue weighted by atomic mass is 10.0. The molecule has 4 aromatic rings. The SMILES string of the molecule is COc1cc(O)c(F)c([C@H](Nc2ccc(C(=N)N)c(OC(C)=O)c2)c2nn(-c3ncccn3)c(=O)[nH]2)c1. The van der Waals surface area contributed by atoms with Crippen molar-refractivity contribution in [3.8, 4) is 23.2 Å². The Balaban J connectivity index is 1.86. The normalized spacial score (nSPS) is 11.5. The lowest BCUT2D eigenvalue weighted by Gasteiger charge is -2.21. The summed E-state index contributed by atoms with van der Waals surface area (Å²) in [4.78, 5) is 34.8. The molecule has 2 heterocycles. The number of phenols is 1. The number of aromatic nitrogens is 5. The molecule has 14 heteroatoms. The third-order valence-electron chi connectivity index (χ3n) is 5.09. The quantitative estimate of drug-likeness (QED) is 0.101. The standard InChI is InChI=1S/C23H21FN8O5/c1-11(33)37-17-8-12(4-5-14(17)20(25)26)29-19(15-9-13(36-2)10-16(34)18(15)24)21-30-23(35)32(31-21)22-27-6-3-7-28-22/h3-10,19,29,34H,1-2H3,(H3,25,26)(H,30,31,35)/t19-/m0/s1. The molecule has 2 aromatic carbocycles. The van der Waals surface area contributed by atoms with Gasteiger partial charge in [0, 0.05) is 42.7 Å². The Morgan fingerprint density at radius 2 is 2.00 bits per heavy atom. The molecule has 0 aliphatic carbocycles. The van der Waals surface area contributed by atoms with Gasteiger partial charge in [0.15, 0.2) is 17.4 Å². The monoisotopic (exact) mass is 508 g/mol. The van der Waals surface area contributed by atoms with Gasteiger partial charge < -0.3 is 25.6 Å². The average molecular weight is 508 g/mol. The maximum atomic E-state index is 15.2. The second kappa shape index (κ2) is 10.2. The minimum Gasteiger partial charge on any atom is -0.505 e. The van der Waals surface area contributed by atoms with E-state index < -0.39 is 29.3 Å². The third kappa shape index (κ3) is 5.22. The minimum atomic E-state index is -1.20. The van der Waals surface area contributed by atoms with Crippen LogP contribution in [0.15, 0.2) is 53.6 Å². The summed E-state index contributed by atoms with van der Waals surface area (Å²) in [5, 5.41) is 25.1. The van der Waals surface area contributed by atoms with Gasteiger partial charge >= 0.3 is 11.7 Å². The number of ether oxygens (including phenoxy) is 2. The number of aromatic hydroxyl groups is 1. The molecule has 0 fully saturated rings. The molecule has 13 nitrogen and oxygen atoms in total. The Hall–Kier alpha value is -5.27. The van der Waals surface area contributed by atoms with Crippen molar-refractivity contribution in [2.45, 2.75) is 13.0 Å². The Kier molecular flexibility index (Phi) is 6.81. The summed E-state index contributed by atoms with van der Waals surface area (Å²) in [7, 11) is 1.34. The van der Waals surface area contributed by atoms with Crippen molar-refractivity contribution in [3.05, 3.63) is 82.0 Å². The number of esters is 1. The number of rotatable bonds is 8. The van der Waals surface area contributed by atoms with Crippen LogP contribution in [0.4, 0.5) is 10.1 Å². The van der Waals surface area contributed by atoms with Crippen LogP contribution in [0.3, 0.4) is 0 Å². The van der Waals surface area contributed by atoms with Crippen LogP contribution in [0, 0.1) is 11.2 Å². The number of aromatic amines is 1. The molecule has 4 rings (SSSR count). The van der Waals surface area contributed by atoms with Gasteiger partial charge in [-0.3, -0.25) is 15.2 Å². The fourth-order valence-corrected chi connectivity index (χ4v) is 3.47. The molecule has 0 amide bonds. The molecule has 0 aliphatic rings. The van der Waals surface area contributed by atoms with E-state index in [1.165, 1.54) is 50.7 Å². The highest BCUT2D eigenvalue weighted by molar-refractivity contribution is 5.98. The van der Waals surface area contributed by atoms with Crippen LogP contribution in [-0.2, 0) is 4.79 Å². The number of carbonyl (C=O) groups excluding carboxylic acids is 1. The molecule has 0 aliphatic heterocycles. The summed E-state index contributed by atoms with van der Waals surface area (Å²) in [5.41, 5.74) is 5.18. The molecule has 2 aromatic heterocycles. The summed E-state index contributed by atoms with van der Waals surface area (Å²) >= 11 is 0. The Bertz CT molecular complexity index is 1540. The maximum Gasteiger partial charge on any atom is 0.350 e. The number of halogens is 1. The van der Waals surface area contributed by atoms with Crippen molar-refractivity contribution in [3.63, 3.8) is 0 Å². The van der Waals surface area contributed by atoms with E-state index in [9.17, 15) is 14.7 Å². The van der Waals surface area contributed by atoms with E-state index in [0.717, 1.165) is 10.7 Å². The topological polar surface area (TPSA) is 194 Å². The first-order valence-corrected chi connectivity index (χ1v) is 10.6. The van der Waals surface area contributed by atoms with E-state index in [1.54, 1.807) is 6.07 Å². The molecular formula is C23H21FN8O5. The molecule has 0 saturated heterocycles. The van der Waals surface area contributed by atoms with Gasteiger partial charge in [-0.05, 0) is 24.3 Å². The van der Waals surface area contributed by atoms with Gasteiger partial charge in [-0.15, -0.1) is 9.78 Å². The Labute approximate surface area is 208 Å². The zero-order valence-electron chi connectivity index (χ0n) is 19.5. The highest BCUT2D eigenvalue weighted by Crippen LogP contribution is 2.35. The predicted molar refractivity (Wildman–Crippen MR) is 129 cm³/mol. The number of carbonyl (C=O) groups is 1. The summed E-state index contributed by atoms with van der Waals surface area (Å²) in [5.74, 6) is -2.64. The second-order valence-corrected chi connectivity index (χ2v) is 7.62. The van der Waals surface area contributed by atoms with Crippen LogP contribution in [0.1, 0.15) is 29.9 Å². The van der Waals surface area contributed by atoms with E-state index >= 15 is 4.39 Å². The average Bonchev–Trinajstić information content (AvgIpc) is 3.25. The zero-order valence-corrected chi connectivity index (χ0v) is 19.5. The van der Waals surface area contributed by atoms with Gasteiger partial charge in [0.05, 0.1) is 12.7 Å². The van der Waals surface area contributed by atoms with E-state index in [0.29, 0.717) is 0 Å². The molecule has 0 spiro atoms. The van der Waals surface area contributed by atoms with Gasteiger partial charge in [-0.25, -0.2) is 19.2 Å². The number of H-pyrrole nitrogens is 1. The summed E-state index contributed by atoms with van der Waals surface area (Å²) < 4.78 is 26.4. The maximum absolute atomic E-state index is 15.2. The number of hydrogen-bond acceptors (Lipinski definition) is 10. The molecule has 0 saturated carbocycles. The predicted octanol–water partition coefficient (Wildman–Crippen LogP) is 1.61. The molecular weight excluding hydrogens is 487 g/mol. The number of nitrogens with two attached hydrogens (primary N) is 1. The number of phenolic OH excluding ortho intramolecular Hbond substituents is 1.